The molecule has 0 fully saturated rings. The van der Waals surface area contributed by atoms with E-state index in [2.05, 4.69) is 81.2 Å². The number of fused-ring (bicyclic) bond motifs is 1. The SMILES string of the molecule is CC(C)(C)[Si](C)(C)OC1=CN(c2cccc(Cn3cc(-c4nc(N)nc5c(Br)csc45)nn3)n2)CC1. The van der Waals surface area contributed by atoms with Gasteiger partial charge in [0.25, 0.3) is 0 Å². The predicted molar refractivity (Wildman–Crippen MR) is 150 cm³/mol. The minimum atomic E-state index is -1.86. The lowest BCUT2D eigenvalue weighted by Gasteiger charge is -2.36. The number of nitrogen functional groups attached to an aromatic ring is 1. The van der Waals surface area contributed by atoms with Crippen LogP contribution in [-0.2, 0) is 11.0 Å². The Morgan fingerprint density at radius 2 is 2.00 bits per heavy atom. The van der Waals surface area contributed by atoms with Gasteiger partial charge in [0.05, 0.1) is 33.4 Å². The average Bonchev–Trinajstić information content (AvgIpc) is 3.54. The summed E-state index contributed by atoms with van der Waals surface area (Å²) in [4.78, 5) is 15.8. The Morgan fingerprint density at radius 3 is 2.78 bits per heavy atom. The summed E-state index contributed by atoms with van der Waals surface area (Å²) in [6.45, 7) is 12.7. The number of aromatic nitrogens is 6. The largest absolute Gasteiger partial charge is 0.545 e. The van der Waals surface area contributed by atoms with Crippen molar-refractivity contribution in [2.24, 2.45) is 0 Å². The van der Waals surface area contributed by atoms with Crippen LogP contribution in [0.4, 0.5) is 11.8 Å². The highest BCUT2D eigenvalue weighted by molar-refractivity contribution is 9.10. The highest BCUT2D eigenvalue weighted by Crippen LogP contribution is 2.39. The molecule has 0 amide bonds. The van der Waals surface area contributed by atoms with Gasteiger partial charge >= 0.3 is 0 Å². The first-order valence-electron chi connectivity index (χ1n) is 11.7. The van der Waals surface area contributed by atoms with E-state index < -0.39 is 8.32 Å². The van der Waals surface area contributed by atoms with Gasteiger partial charge in [-0.25, -0.2) is 19.6 Å². The van der Waals surface area contributed by atoms with Crippen LogP contribution in [0.25, 0.3) is 21.6 Å². The van der Waals surface area contributed by atoms with Crippen molar-refractivity contribution in [1.82, 2.24) is 29.9 Å². The average molecular weight is 586 g/mol. The zero-order valence-corrected chi connectivity index (χ0v) is 24.4. The molecule has 36 heavy (non-hydrogen) atoms. The Hall–Kier alpha value is -2.83. The van der Waals surface area contributed by atoms with E-state index >= 15 is 0 Å². The summed E-state index contributed by atoms with van der Waals surface area (Å²) in [5.74, 6) is 2.15. The maximum absolute atomic E-state index is 6.51. The van der Waals surface area contributed by atoms with Crippen molar-refractivity contribution in [2.75, 3.05) is 17.2 Å². The number of pyridine rings is 1. The van der Waals surface area contributed by atoms with E-state index in [4.69, 9.17) is 15.1 Å². The maximum atomic E-state index is 6.51. The van der Waals surface area contributed by atoms with Gasteiger partial charge in [-0.3, -0.25) is 0 Å². The minimum absolute atomic E-state index is 0.166. The van der Waals surface area contributed by atoms with Gasteiger partial charge in [-0.05, 0) is 46.2 Å². The number of nitrogens with two attached hydrogens (primary N) is 1. The lowest BCUT2D eigenvalue weighted by Crippen LogP contribution is -2.40. The molecule has 0 aliphatic carbocycles. The molecule has 4 aromatic heterocycles. The molecule has 2 N–H and O–H groups in total. The van der Waals surface area contributed by atoms with Crippen LogP contribution in [0.3, 0.4) is 0 Å². The van der Waals surface area contributed by atoms with Crippen molar-refractivity contribution in [3.8, 4) is 11.4 Å². The van der Waals surface area contributed by atoms with Crippen molar-refractivity contribution in [3.05, 3.63) is 51.9 Å². The van der Waals surface area contributed by atoms with Gasteiger partial charge in [-0.15, -0.1) is 16.4 Å². The summed E-state index contributed by atoms with van der Waals surface area (Å²) in [6, 6.07) is 6.04. The highest BCUT2D eigenvalue weighted by Gasteiger charge is 2.40. The number of nitrogens with zero attached hydrogens (tertiary/aromatic N) is 7. The summed E-state index contributed by atoms with van der Waals surface area (Å²) < 4.78 is 10.1. The first kappa shape index (κ1) is 24.8. The van der Waals surface area contributed by atoms with Crippen molar-refractivity contribution in [2.45, 2.75) is 51.9 Å². The van der Waals surface area contributed by atoms with Crippen molar-refractivity contribution >= 4 is 57.6 Å². The van der Waals surface area contributed by atoms with Gasteiger partial charge in [0.2, 0.25) is 14.3 Å². The summed E-state index contributed by atoms with van der Waals surface area (Å²) >= 11 is 5.06. The zero-order valence-electron chi connectivity index (χ0n) is 21.0. The summed E-state index contributed by atoms with van der Waals surface area (Å²) in [5.41, 5.74) is 8.94. The molecule has 0 saturated heterocycles. The van der Waals surface area contributed by atoms with Crippen LogP contribution >= 0.6 is 27.3 Å². The number of hydrogen-bond donors (Lipinski definition) is 1. The lowest BCUT2D eigenvalue weighted by molar-refractivity contribution is 0.375. The van der Waals surface area contributed by atoms with E-state index in [1.54, 1.807) is 16.0 Å². The first-order valence-corrected chi connectivity index (χ1v) is 16.3. The van der Waals surface area contributed by atoms with Gasteiger partial charge in [-0.2, -0.15) is 0 Å². The van der Waals surface area contributed by atoms with Crippen LogP contribution in [-0.4, -0.2) is 44.8 Å². The van der Waals surface area contributed by atoms with E-state index in [0.29, 0.717) is 17.9 Å². The van der Waals surface area contributed by atoms with Crippen LogP contribution in [0.5, 0.6) is 0 Å². The molecular formula is C24H29BrN8OSSi. The van der Waals surface area contributed by atoms with Crippen molar-refractivity contribution < 1.29 is 4.43 Å². The summed E-state index contributed by atoms with van der Waals surface area (Å²) in [5, 5.41) is 10.8. The molecule has 9 nitrogen and oxygen atoms in total. The summed E-state index contributed by atoms with van der Waals surface area (Å²) in [7, 11) is -1.86. The van der Waals surface area contributed by atoms with Crippen molar-refractivity contribution in [3.63, 3.8) is 0 Å². The number of rotatable bonds is 6. The third-order valence-corrected chi connectivity index (χ3v) is 12.9. The Labute approximate surface area is 223 Å². The van der Waals surface area contributed by atoms with E-state index in [1.807, 2.05) is 29.8 Å². The van der Waals surface area contributed by atoms with Crippen LogP contribution in [0, 0.1) is 0 Å². The van der Waals surface area contributed by atoms with E-state index in [1.165, 1.54) is 0 Å². The number of hydrogen-bond acceptors (Lipinski definition) is 9. The Balaban J connectivity index is 1.33. The second kappa shape index (κ2) is 9.24. The second-order valence-corrected chi connectivity index (χ2v) is 16.8. The molecule has 0 saturated carbocycles. The normalized spacial score (nSPS) is 14.5. The topological polar surface area (TPSA) is 108 Å². The van der Waals surface area contributed by atoms with Gasteiger partial charge in [-0.1, -0.05) is 32.1 Å². The fourth-order valence-corrected chi connectivity index (χ4v) is 6.40. The van der Waals surface area contributed by atoms with Crippen molar-refractivity contribution in [1.29, 1.82) is 0 Å². The van der Waals surface area contributed by atoms with Gasteiger partial charge in [0.15, 0.2) is 0 Å². The molecule has 4 aromatic rings. The standard InChI is InChI=1S/C24H29BrN8OSSi/c1-24(2,3)36(4,5)34-16-9-10-32(12-16)19-8-6-7-15(27-19)11-33-13-18(30-31-33)21-22-20(17(25)14-35-22)28-23(26)29-21/h6-8,12-14H,9-11H2,1-5H3,(H2,26,28,29). The van der Waals surface area contributed by atoms with Crippen LogP contribution in [0.2, 0.25) is 18.1 Å². The third kappa shape index (κ3) is 4.89. The number of thiophene rings is 1. The molecule has 0 unspecified atom stereocenters. The van der Waals surface area contributed by atoms with Gasteiger partial charge in [0.1, 0.15) is 22.7 Å². The molecule has 12 heteroatoms. The number of anilines is 2. The van der Waals surface area contributed by atoms with E-state index in [-0.39, 0.29) is 11.0 Å². The minimum Gasteiger partial charge on any atom is -0.545 e. The Bertz CT molecular complexity index is 1460. The molecule has 1 aliphatic heterocycles. The van der Waals surface area contributed by atoms with Gasteiger partial charge in [0, 0.05) is 24.5 Å². The molecule has 1 aliphatic rings. The molecule has 0 atom stereocenters. The maximum Gasteiger partial charge on any atom is 0.250 e. The molecule has 0 aromatic carbocycles. The smallest absolute Gasteiger partial charge is 0.250 e. The Kier molecular flexibility index (Phi) is 6.37. The first-order chi connectivity index (χ1) is 17.0. The van der Waals surface area contributed by atoms with E-state index in [0.717, 1.165) is 44.9 Å². The quantitative estimate of drug-likeness (QED) is 0.283. The molecule has 0 spiro atoms. The molecule has 0 bridgehead atoms. The molecule has 188 valence electrons. The molecule has 5 heterocycles. The molecular weight excluding hydrogens is 556 g/mol. The second-order valence-electron chi connectivity index (χ2n) is 10.4. The van der Waals surface area contributed by atoms with E-state index in [9.17, 15) is 0 Å². The highest BCUT2D eigenvalue weighted by atomic mass is 79.9. The summed E-state index contributed by atoms with van der Waals surface area (Å²) in [6.07, 6.45) is 4.86. The fraction of sp³-hybridized carbons (Fsp3) is 0.375. The van der Waals surface area contributed by atoms with Gasteiger partial charge < -0.3 is 15.1 Å². The van der Waals surface area contributed by atoms with Crippen LogP contribution in [0.1, 0.15) is 32.9 Å². The fourth-order valence-electron chi connectivity index (χ4n) is 3.72. The van der Waals surface area contributed by atoms with Crippen LogP contribution in [0.15, 0.2) is 46.2 Å². The third-order valence-electron chi connectivity index (χ3n) is 6.67. The Morgan fingerprint density at radius 1 is 1.19 bits per heavy atom. The molecule has 5 rings (SSSR count). The monoisotopic (exact) mass is 584 g/mol. The van der Waals surface area contributed by atoms with Crippen LogP contribution < -0.4 is 10.6 Å². The molecule has 0 radical (unpaired) electrons. The number of halogens is 1. The lowest BCUT2D eigenvalue weighted by atomic mass is 10.2. The predicted octanol–water partition coefficient (Wildman–Crippen LogP) is 5.81. The zero-order chi connectivity index (χ0) is 25.7.